The molecule has 1 aromatic carbocycles. The van der Waals surface area contributed by atoms with Crippen molar-refractivity contribution in [3.05, 3.63) is 30.1 Å². The highest BCUT2D eigenvalue weighted by Crippen LogP contribution is 2.19. The molecule has 0 aliphatic carbocycles. The van der Waals surface area contributed by atoms with Gasteiger partial charge in [-0.1, -0.05) is 19.1 Å². The molecular weight excluding hydrogens is 299 g/mol. The van der Waals surface area contributed by atoms with Crippen molar-refractivity contribution in [1.29, 1.82) is 0 Å². The van der Waals surface area contributed by atoms with E-state index in [0.717, 1.165) is 6.42 Å². The molecule has 7 heteroatoms. The lowest BCUT2D eigenvalue weighted by Crippen LogP contribution is -2.52. The number of amides is 3. The van der Waals surface area contributed by atoms with Crippen LogP contribution >= 0.6 is 0 Å². The Morgan fingerprint density at radius 3 is 2.48 bits per heavy atom. The lowest BCUT2D eigenvalue weighted by Gasteiger charge is -2.36. The summed E-state index contributed by atoms with van der Waals surface area (Å²) in [5, 5.41) is 5.21. The van der Waals surface area contributed by atoms with Gasteiger partial charge in [-0.05, 0) is 18.6 Å². The van der Waals surface area contributed by atoms with Crippen molar-refractivity contribution in [3.8, 4) is 0 Å². The van der Waals surface area contributed by atoms with Gasteiger partial charge in [0.15, 0.2) is 0 Å². The van der Waals surface area contributed by atoms with Crippen LogP contribution in [-0.2, 0) is 4.79 Å². The summed E-state index contributed by atoms with van der Waals surface area (Å²) in [5.41, 5.74) is 0.566. The van der Waals surface area contributed by atoms with Crippen LogP contribution in [-0.4, -0.2) is 56.1 Å². The molecule has 1 heterocycles. The van der Waals surface area contributed by atoms with Gasteiger partial charge in [0.2, 0.25) is 5.91 Å². The van der Waals surface area contributed by atoms with Crippen LogP contribution in [0.3, 0.4) is 0 Å². The number of anilines is 1. The first-order valence-corrected chi connectivity index (χ1v) is 7.90. The van der Waals surface area contributed by atoms with Gasteiger partial charge in [0.1, 0.15) is 5.82 Å². The fourth-order valence-electron chi connectivity index (χ4n) is 2.47. The minimum absolute atomic E-state index is 0.0186. The zero-order chi connectivity index (χ0) is 16.7. The number of hydrogen-bond acceptors (Lipinski definition) is 3. The van der Waals surface area contributed by atoms with E-state index in [9.17, 15) is 14.0 Å². The lowest BCUT2D eigenvalue weighted by molar-refractivity contribution is -0.130. The third-order valence-electron chi connectivity index (χ3n) is 3.76. The summed E-state index contributed by atoms with van der Waals surface area (Å²) >= 11 is 0. The van der Waals surface area contributed by atoms with E-state index in [2.05, 4.69) is 10.6 Å². The average Bonchev–Trinajstić information content (AvgIpc) is 2.58. The highest BCUT2D eigenvalue weighted by Gasteiger charge is 2.22. The number of rotatable bonds is 5. The molecule has 1 saturated heterocycles. The number of para-hydroxylation sites is 1. The van der Waals surface area contributed by atoms with Gasteiger partial charge in [-0.25, -0.2) is 9.18 Å². The number of hydrogen-bond donors (Lipinski definition) is 2. The number of nitrogens with one attached hydrogen (secondary N) is 2. The average molecular weight is 322 g/mol. The first kappa shape index (κ1) is 17.1. The van der Waals surface area contributed by atoms with Crippen LogP contribution in [0.2, 0.25) is 0 Å². The van der Waals surface area contributed by atoms with Crippen molar-refractivity contribution in [3.63, 3.8) is 0 Å². The Labute approximate surface area is 135 Å². The second-order valence-corrected chi connectivity index (χ2v) is 5.43. The van der Waals surface area contributed by atoms with Crippen molar-refractivity contribution in [2.75, 3.05) is 44.2 Å². The van der Waals surface area contributed by atoms with Gasteiger partial charge in [-0.2, -0.15) is 0 Å². The van der Waals surface area contributed by atoms with Crippen LogP contribution in [0, 0.1) is 5.82 Å². The summed E-state index contributed by atoms with van der Waals surface area (Å²) in [4.78, 5) is 27.1. The van der Waals surface area contributed by atoms with Gasteiger partial charge >= 0.3 is 6.03 Å². The van der Waals surface area contributed by atoms with E-state index in [-0.39, 0.29) is 24.3 Å². The Hall–Kier alpha value is -2.31. The maximum Gasteiger partial charge on any atom is 0.315 e. The van der Waals surface area contributed by atoms with Crippen molar-refractivity contribution in [2.45, 2.75) is 13.3 Å². The number of benzene rings is 1. The molecule has 6 nitrogen and oxygen atoms in total. The Morgan fingerprint density at radius 2 is 1.83 bits per heavy atom. The highest BCUT2D eigenvalue weighted by molar-refractivity contribution is 5.84. The van der Waals surface area contributed by atoms with E-state index in [0.29, 0.717) is 38.4 Å². The topological polar surface area (TPSA) is 64.7 Å². The third kappa shape index (κ3) is 4.84. The van der Waals surface area contributed by atoms with E-state index >= 15 is 0 Å². The second-order valence-electron chi connectivity index (χ2n) is 5.43. The number of carbonyl (C=O) groups excluding carboxylic acids is 2. The largest absolute Gasteiger partial charge is 0.366 e. The summed E-state index contributed by atoms with van der Waals surface area (Å²) in [7, 11) is 0. The van der Waals surface area contributed by atoms with Crippen molar-refractivity contribution >= 4 is 17.6 Å². The molecule has 1 aliphatic heterocycles. The molecule has 0 spiro atoms. The number of nitrogens with zero attached hydrogens (tertiary/aromatic N) is 2. The fourth-order valence-corrected chi connectivity index (χ4v) is 2.47. The Morgan fingerprint density at radius 1 is 1.13 bits per heavy atom. The van der Waals surface area contributed by atoms with Gasteiger partial charge in [-0.3, -0.25) is 4.79 Å². The fraction of sp³-hybridized carbons (Fsp3) is 0.500. The van der Waals surface area contributed by atoms with Gasteiger partial charge < -0.3 is 20.4 Å². The number of halogens is 1. The van der Waals surface area contributed by atoms with Crippen LogP contribution < -0.4 is 15.5 Å². The maximum absolute atomic E-state index is 13.8. The summed E-state index contributed by atoms with van der Waals surface area (Å²) in [6.45, 7) is 4.72. The second kappa shape index (κ2) is 8.36. The van der Waals surface area contributed by atoms with Crippen molar-refractivity contribution in [2.24, 2.45) is 0 Å². The zero-order valence-corrected chi connectivity index (χ0v) is 13.3. The number of carbonyl (C=O) groups is 2. The minimum atomic E-state index is -0.329. The molecule has 0 saturated carbocycles. The van der Waals surface area contributed by atoms with Gasteiger partial charge in [0.05, 0.1) is 12.2 Å². The number of piperazine rings is 1. The van der Waals surface area contributed by atoms with E-state index in [1.54, 1.807) is 23.1 Å². The molecule has 0 radical (unpaired) electrons. The van der Waals surface area contributed by atoms with E-state index in [1.807, 2.05) is 11.8 Å². The van der Waals surface area contributed by atoms with E-state index in [4.69, 9.17) is 0 Å². The lowest BCUT2D eigenvalue weighted by atomic mass is 10.2. The van der Waals surface area contributed by atoms with Crippen molar-refractivity contribution in [1.82, 2.24) is 15.5 Å². The predicted molar refractivity (Wildman–Crippen MR) is 86.9 cm³/mol. The molecule has 2 N–H and O–H groups in total. The standard InChI is InChI=1S/C16H23FN4O2/c1-2-7-18-16(23)19-12-15(22)21-10-8-20(9-11-21)14-6-4-3-5-13(14)17/h3-6H,2,7-12H2,1H3,(H2,18,19,23). The first-order valence-electron chi connectivity index (χ1n) is 7.90. The van der Waals surface area contributed by atoms with E-state index < -0.39 is 0 Å². The Bertz CT molecular complexity index is 545. The van der Waals surface area contributed by atoms with Crippen LogP contribution in [0.5, 0.6) is 0 Å². The molecule has 0 unspecified atom stereocenters. The van der Waals surface area contributed by atoms with Crippen LogP contribution in [0.4, 0.5) is 14.9 Å². The molecule has 0 aromatic heterocycles. The smallest absolute Gasteiger partial charge is 0.315 e. The van der Waals surface area contributed by atoms with Crippen LogP contribution in [0.25, 0.3) is 0 Å². The monoisotopic (exact) mass is 322 g/mol. The molecular formula is C16H23FN4O2. The summed E-state index contributed by atoms with van der Waals surface area (Å²) < 4.78 is 13.8. The van der Waals surface area contributed by atoms with Crippen LogP contribution in [0.15, 0.2) is 24.3 Å². The summed E-state index contributed by atoms with van der Waals surface area (Å²) in [6.07, 6.45) is 0.847. The Balaban J connectivity index is 1.77. The quantitative estimate of drug-likeness (QED) is 0.856. The van der Waals surface area contributed by atoms with Gasteiger partial charge in [0.25, 0.3) is 0 Å². The van der Waals surface area contributed by atoms with Crippen LogP contribution in [0.1, 0.15) is 13.3 Å². The molecule has 126 valence electrons. The predicted octanol–water partition coefficient (Wildman–Crippen LogP) is 1.18. The van der Waals surface area contributed by atoms with E-state index in [1.165, 1.54) is 6.07 Å². The SMILES string of the molecule is CCCNC(=O)NCC(=O)N1CCN(c2ccccc2F)CC1. The summed E-state index contributed by atoms with van der Waals surface area (Å²) in [6, 6.07) is 6.31. The highest BCUT2D eigenvalue weighted by atomic mass is 19.1. The van der Waals surface area contributed by atoms with Crippen molar-refractivity contribution < 1.29 is 14.0 Å². The molecule has 3 amide bonds. The third-order valence-corrected chi connectivity index (χ3v) is 3.76. The number of urea groups is 1. The molecule has 1 fully saturated rings. The molecule has 0 atom stereocenters. The molecule has 1 aromatic rings. The molecule has 23 heavy (non-hydrogen) atoms. The minimum Gasteiger partial charge on any atom is -0.366 e. The first-order chi connectivity index (χ1) is 11.1. The summed E-state index contributed by atoms with van der Waals surface area (Å²) in [5.74, 6) is -0.369. The maximum atomic E-state index is 13.8. The molecule has 2 rings (SSSR count). The zero-order valence-electron chi connectivity index (χ0n) is 13.3. The molecule has 0 bridgehead atoms. The molecule has 1 aliphatic rings. The van der Waals surface area contributed by atoms with Gasteiger partial charge in [0, 0.05) is 32.7 Å². The normalized spacial score (nSPS) is 14.5. The Kier molecular flexibility index (Phi) is 6.19. The van der Waals surface area contributed by atoms with Gasteiger partial charge in [-0.15, -0.1) is 0 Å².